The zero-order valence-electron chi connectivity index (χ0n) is 7.40. The van der Waals surface area contributed by atoms with Crippen LogP contribution >= 0.6 is 11.6 Å². The number of hydrogen-bond donors (Lipinski definition) is 1. The van der Waals surface area contributed by atoms with E-state index in [2.05, 4.69) is 10.2 Å². The van der Waals surface area contributed by atoms with Crippen molar-refractivity contribution < 1.29 is 14.4 Å². The van der Waals surface area contributed by atoms with Gasteiger partial charge in [0.2, 0.25) is 0 Å². The largest absolute Gasteiger partial charge is 0.432 e. The van der Waals surface area contributed by atoms with Crippen LogP contribution in [-0.2, 0) is 16.2 Å². The summed E-state index contributed by atoms with van der Waals surface area (Å²) in [5, 5.41) is 0. The van der Waals surface area contributed by atoms with E-state index in [4.69, 9.17) is 16.4 Å². The molecule has 5 heteroatoms. The van der Waals surface area contributed by atoms with Crippen LogP contribution in [0.4, 0.5) is 4.79 Å². The van der Waals surface area contributed by atoms with Crippen LogP contribution in [0.5, 0.6) is 0 Å². The Bertz CT molecular complexity index is 279. The van der Waals surface area contributed by atoms with Crippen molar-refractivity contribution in [1.82, 2.24) is 5.48 Å². The Morgan fingerprint density at radius 1 is 1.36 bits per heavy atom. The van der Waals surface area contributed by atoms with E-state index in [1.807, 2.05) is 30.3 Å². The van der Waals surface area contributed by atoms with Gasteiger partial charge < -0.3 is 4.74 Å². The first-order valence-electron chi connectivity index (χ1n) is 3.97. The Hall–Kier alpha value is -1.26. The lowest BCUT2D eigenvalue weighted by atomic mass is 10.2. The summed E-state index contributed by atoms with van der Waals surface area (Å²) < 4.78 is 4.37. The van der Waals surface area contributed by atoms with E-state index in [0.717, 1.165) is 5.56 Å². The van der Waals surface area contributed by atoms with Crippen LogP contribution in [0.15, 0.2) is 30.3 Å². The number of nitrogens with one attached hydrogen (secondary N) is 1. The van der Waals surface area contributed by atoms with Crippen molar-refractivity contribution in [2.75, 3.05) is 6.07 Å². The lowest BCUT2D eigenvalue weighted by Crippen LogP contribution is -2.23. The average molecular weight is 216 g/mol. The summed E-state index contributed by atoms with van der Waals surface area (Å²) in [6.45, 7) is 0.290. The summed E-state index contributed by atoms with van der Waals surface area (Å²) in [7, 11) is 0. The Morgan fingerprint density at radius 3 is 2.71 bits per heavy atom. The molecule has 4 nitrogen and oxygen atoms in total. The molecule has 0 aromatic heterocycles. The molecule has 1 aromatic rings. The summed E-state index contributed by atoms with van der Waals surface area (Å²) in [6.07, 6.45) is -0.698. The van der Waals surface area contributed by atoms with Crippen LogP contribution < -0.4 is 5.48 Å². The standard InChI is InChI=1S/C9H10ClNO3/c10-7-13-9(12)11-14-6-8-4-2-1-3-5-8/h1-5H,6-7H2,(H,11,12). The highest BCUT2D eigenvalue weighted by Gasteiger charge is 1.99. The zero-order chi connectivity index (χ0) is 10.2. The highest BCUT2D eigenvalue weighted by molar-refractivity contribution is 6.17. The van der Waals surface area contributed by atoms with Crippen LogP contribution in [0.1, 0.15) is 5.56 Å². The van der Waals surface area contributed by atoms with Crippen molar-refractivity contribution in [3.8, 4) is 0 Å². The normalized spacial score (nSPS) is 9.50. The number of carbonyl (C=O) groups is 1. The third-order valence-electron chi connectivity index (χ3n) is 1.42. The van der Waals surface area contributed by atoms with Gasteiger partial charge in [-0.2, -0.15) is 5.48 Å². The van der Waals surface area contributed by atoms with Crippen LogP contribution in [-0.4, -0.2) is 12.2 Å². The predicted molar refractivity (Wildman–Crippen MR) is 51.6 cm³/mol. The molecule has 0 bridgehead atoms. The number of alkyl halides is 1. The highest BCUT2D eigenvalue weighted by Crippen LogP contribution is 1.98. The molecule has 0 saturated heterocycles. The molecule has 0 fully saturated rings. The van der Waals surface area contributed by atoms with Crippen LogP contribution in [0, 0.1) is 0 Å². The van der Waals surface area contributed by atoms with Gasteiger partial charge in [-0.3, -0.25) is 4.84 Å². The van der Waals surface area contributed by atoms with Gasteiger partial charge in [-0.1, -0.05) is 41.9 Å². The van der Waals surface area contributed by atoms with Gasteiger partial charge in [0.15, 0.2) is 6.07 Å². The van der Waals surface area contributed by atoms with Crippen molar-refractivity contribution in [2.24, 2.45) is 0 Å². The molecular formula is C9H10ClNO3. The van der Waals surface area contributed by atoms with Crippen molar-refractivity contribution in [2.45, 2.75) is 6.61 Å². The van der Waals surface area contributed by atoms with Gasteiger partial charge in [0.1, 0.15) is 0 Å². The molecule has 0 heterocycles. The van der Waals surface area contributed by atoms with Crippen LogP contribution in [0.25, 0.3) is 0 Å². The minimum Gasteiger partial charge on any atom is -0.432 e. The molecule has 0 radical (unpaired) electrons. The molecule has 0 saturated carbocycles. The Labute approximate surface area is 86.7 Å². The molecule has 0 atom stereocenters. The third-order valence-corrected chi connectivity index (χ3v) is 1.53. The second-order valence-corrected chi connectivity index (χ2v) is 2.64. The van der Waals surface area contributed by atoms with Gasteiger partial charge in [0, 0.05) is 0 Å². The van der Waals surface area contributed by atoms with Crippen molar-refractivity contribution in [3.63, 3.8) is 0 Å². The molecule has 1 amide bonds. The van der Waals surface area contributed by atoms with E-state index in [9.17, 15) is 4.79 Å². The molecule has 1 aromatic carbocycles. The number of hydroxylamine groups is 1. The fraction of sp³-hybridized carbons (Fsp3) is 0.222. The predicted octanol–water partition coefficient (Wildman–Crippen LogP) is 2.04. The Kier molecular flexibility index (Phi) is 4.82. The quantitative estimate of drug-likeness (QED) is 0.618. The molecule has 0 aliphatic rings. The summed E-state index contributed by atoms with van der Waals surface area (Å²) >= 11 is 5.15. The van der Waals surface area contributed by atoms with E-state index in [1.165, 1.54) is 0 Å². The number of halogens is 1. The molecule has 14 heavy (non-hydrogen) atoms. The number of ether oxygens (including phenoxy) is 1. The molecule has 0 aliphatic carbocycles. The molecule has 1 rings (SSSR count). The van der Waals surface area contributed by atoms with Gasteiger partial charge in [0.05, 0.1) is 6.61 Å². The fourth-order valence-corrected chi connectivity index (χ4v) is 0.931. The summed E-state index contributed by atoms with van der Waals surface area (Å²) in [5.41, 5.74) is 3.04. The number of rotatable bonds is 4. The van der Waals surface area contributed by atoms with Gasteiger partial charge in [-0.15, -0.1) is 0 Å². The summed E-state index contributed by atoms with van der Waals surface area (Å²) in [5.74, 6) is 0. The number of hydrogen-bond acceptors (Lipinski definition) is 3. The van der Waals surface area contributed by atoms with Crippen molar-refractivity contribution in [3.05, 3.63) is 35.9 Å². The highest BCUT2D eigenvalue weighted by atomic mass is 35.5. The van der Waals surface area contributed by atoms with Crippen molar-refractivity contribution in [1.29, 1.82) is 0 Å². The molecule has 0 aliphatic heterocycles. The molecule has 0 spiro atoms. The Balaban J connectivity index is 2.19. The van der Waals surface area contributed by atoms with Crippen LogP contribution in [0.3, 0.4) is 0 Å². The monoisotopic (exact) mass is 215 g/mol. The minimum atomic E-state index is -0.698. The summed E-state index contributed by atoms with van der Waals surface area (Å²) in [6, 6.07) is 9.24. The fourth-order valence-electron chi connectivity index (χ4n) is 0.832. The second-order valence-electron chi connectivity index (χ2n) is 2.42. The number of carbonyl (C=O) groups excluding carboxylic acids is 1. The number of amides is 1. The lowest BCUT2D eigenvalue weighted by molar-refractivity contribution is 0.0232. The first-order chi connectivity index (χ1) is 6.83. The maximum atomic E-state index is 10.7. The van der Waals surface area contributed by atoms with Crippen LogP contribution in [0.2, 0.25) is 0 Å². The zero-order valence-corrected chi connectivity index (χ0v) is 8.16. The smallest absolute Gasteiger partial charge is 0.432 e. The molecular weight excluding hydrogens is 206 g/mol. The second kappa shape index (κ2) is 6.23. The maximum Gasteiger partial charge on any atom is 0.432 e. The maximum absolute atomic E-state index is 10.7. The first kappa shape index (κ1) is 10.8. The Morgan fingerprint density at radius 2 is 2.07 bits per heavy atom. The van der Waals surface area contributed by atoms with E-state index in [0.29, 0.717) is 0 Å². The average Bonchev–Trinajstić information content (AvgIpc) is 2.20. The van der Waals surface area contributed by atoms with E-state index in [1.54, 1.807) is 0 Å². The molecule has 76 valence electrons. The van der Waals surface area contributed by atoms with E-state index >= 15 is 0 Å². The van der Waals surface area contributed by atoms with Gasteiger partial charge in [-0.25, -0.2) is 4.79 Å². The van der Waals surface area contributed by atoms with Gasteiger partial charge >= 0.3 is 6.09 Å². The van der Waals surface area contributed by atoms with Gasteiger partial charge in [-0.05, 0) is 5.56 Å². The SMILES string of the molecule is O=C(NOCc1ccccc1)OCCl. The third kappa shape index (κ3) is 4.11. The lowest BCUT2D eigenvalue weighted by Gasteiger charge is -2.04. The molecule has 0 unspecified atom stereocenters. The van der Waals surface area contributed by atoms with E-state index in [-0.39, 0.29) is 12.7 Å². The topological polar surface area (TPSA) is 47.6 Å². The van der Waals surface area contributed by atoms with E-state index < -0.39 is 6.09 Å². The van der Waals surface area contributed by atoms with Crippen molar-refractivity contribution >= 4 is 17.7 Å². The first-order valence-corrected chi connectivity index (χ1v) is 4.51. The summed E-state index contributed by atoms with van der Waals surface area (Å²) in [4.78, 5) is 15.5. The number of benzene rings is 1. The molecule has 1 N–H and O–H groups in total. The minimum absolute atomic E-state index is 0.194. The van der Waals surface area contributed by atoms with Gasteiger partial charge in [0.25, 0.3) is 0 Å².